The maximum Gasteiger partial charge on any atom is 0.0534 e. The number of hydrogen-bond donors (Lipinski definition) is 1. The largest absolute Gasteiger partial charge is 0.306 e. The van der Waals surface area contributed by atoms with Gasteiger partial charge in [0.2, 0.25) is 0 Å². The van der Waals surface area contributed by atoms with Crippen molar-refractivity contribution in [2.75, 3.05) is 0 Å². The van der Waals surface area contributed by atoms with Gasteiger partial charge in [0.25, 0.3) is 0 Å². The lowest BCUT2D eigenvalue weighted by molar-refractivity contribution is 0.380. The maximum absolute atomic E-state index is 6.06. The molecule has 0 radical (unpaired) electrons. The van der Waals surface area contributed by atoms with Crippen LogP contribution < -0.4 is 5.32 Å². The molecule has 14 heavy (non-hydrogen) atoms. The van der Waals surface area contributed by atoms with Crippen LogP contribution in [0.1, 0.15) is 26.3 Å². The van der Waals surface area contributed by atoms with Crippen LogP contribution in [0.15, 0.2) is 12.4 Å². The Balaban J connectivity index is 2.48. The van der Waals surface area contributed by atoms with E-state index in [0.717, 1.165) is 6.54 Å². The van der Waals surface area contributed by atoms with E-state index in [1.807, 2.05) is 26.4 Å². The van der Waals surface area contributed by atoms with Gasteiger partial charge in [-0.2, -0.15) is 5.10 Å². The number of aromatic nitrogens is 2. The van der Waals surface area contributed by atoms with Gasteiger partial charge in [0.05, 0.1) is 6.20 Å². The second kappa shape index (κ2) is 4.32. The average molecular weight is 216 g/mol. The van der Waals surface area contributed by atoms with Gasteiger partial charge in [-0.05, 0) is 20.8 Å². The third-order valence-corrected chi connectivity index (χ3v) is 3.05. The first-order valence-electron chi connectivity index (χ1n) is 4.78. The summed E-state index contributed by atoms with van der Waals surface area (Å²) in [4.78, 5) is 0. The summed E-state index contributed by atoms with van der Waals surface area (Å²) in [5.74, 6) is 0. The van der Waals surface area contributed by atoms with Crippen LogP contribution in [0.4, 0.5) is 0 Å². The van der Waals surface area contributed by atoms with Crippen molar-refractivity contribution in [1.82, 2.24) is 15.1 Å². The number of aryl methyl sites for hydroxylation is 1. The molecule has 0 aliphatic heterocycles. The third-order valence-electron chi connectivity index (χ3n) is 2.50. The van der Waals surface area contributed by atoms with Crippen molar-refractivity contribution in [2.24, 2.45) is 7.05 Å². The van der Waals surface area contributed by atoms with E-state index in [0.29, 0.717) is 0 Å². The van der Waals surface area contributed by atoms with Gasteiger partial charge in [0.1, 0.15) is 0 Å². The van der Waals surface area contributed by atoms with Gasteiger partial charge in [-0.15, -0.1) is 11.6 Å². The molecule has 1 rings (SSSR count). The Morgan fingerprint density at radius 1 is 1.64 bits per heavy atom. The number of nitrogens with one attached hydrogen (secondary N) is 1. The smallest absolute Gasteiger partial charge is 0.0534 e. The standard InChI is InChI=1S/C10H18ClN3/c1-8(11)10(2,3)12-5-9-6-13-14(4)7-9/h6-8,12H,5H2,1-4H3. The molecule has 4 heteroatoms. The normalized spacial score (nSPS) is 14.4. The van der Waals surface area contributed by atoms with Crippen LogP contribution in [0, 0.1) is 0 Å². The van der Waals surface area contributed by atoms with Crippen molar-refractivity contribution >= 4 is 11.6 Å². The zero-order valence-corrected chi connectivity index (χ0v) is 9.97. The number of hydrogen-bond acceptors (Lipinski definition) is 2. The van der Waals surface area contributed by atoms with E-state index in [1.165, 1.54) is 5.56 Å². The predicted octanol–water partition coefficient (Wildman–Crippen LogP) is 1.92. The molecule has 0 fully saturated rings. The fourth-order valence-corrected chi connectivity index (χ4v) is 1.11. The topological polar surface area (TPSA) is 29.9 Å². The molecule has 0 aliphatic carbocycles. The van der Waals surface area contributed by atoms with Crippen LogP contribution in [0.5, 0.6) is 0 Å². The molecule has 1 unspecified atom stereocenters. The number of alkyl halides is 1. The van der Waals surface area contributed by atoms with Crippen LogP contribution >= 0.6 is 11.6 Å². The van der Waals surface area contributed by atoms with Gasteiger partial charge in [0, 0.05) is 36.3 Å². The lowest BCUT2D eigenvalue weighted by atomic mass is 10.0. The second-order valence-electron chi connectivity index (χ2n) is 4.21. The summed E-state index contributed by atoms with van der Waals surface area (Å²) in [6, 6.07) is 0. The fraction of sp³-hybridized carbons (Fsp3) is 0.700. The number of rotatable bonds is 4. The Bertz CT molecular complexity index is 291. The summed E-state index contributed by atoms with van der Waals surface area (Å²) in [6.45, 7) is 7.00. The van der Waals surface area contributed by atoms with Gasteiger partial charge < -0.3 is 5.32 Å². The summed E-state index contributed by atoms with van der Waals surface area (Å²) in [5.41, 5.74) is 1.12. The SMILES string of the molecule is CC(Cl)C(C)(C)NCc1cnn(C)c1. The lowest BCUT2D eigenvalue weighted by Crippen LogP contribution is -2.45. The molecule has 0 aliphatic rings. The zero-order chi connectivity index (χ0) is 10.8. The van der Waals surface area contributed by atoms with E-state index >= 15 is 0 Å². The minimum absolute atomic E-state index is 0.0581. The van der Waals surface area contributed by atoms with Gasteiger partial charge in [-0.1, -0.05) is 0 Å². The predicted molar refractivity (Wildman–Crippen MR) is 59.4 cm³/mol. The highest BCUT2D eigenvalue weighted by Gasteiger charge is 2.22. The first-order valence-corrected chi connectivity index (χ1v) is 5.22. The van der Waals surface area contributed by atoms with Crippen molar-refractivity contribution in [3.8, 4) is 0 Å². The second-order valence-corrected chi connectivity index (χ2v) is 4.87. The van der Waals surface area contributed by atoms with Gasteiger partial charge in [0.15, 0.2) is 0 Å². The Hall–Kier alpha value is -0.540. The molecular weight excluding hydrogens is 198 g/mol. The molecule has 0 aromatic carbocycles. The Morgan fingerprint density at radius 2 is 2.29 bits per heavy atom. The van der Waals surface area contributed by atoms with Crippen LogP contribution in [0.2, 0.25) is 0 Å². The molecule has 0 saturated heterocycles. The van der Waals surface area contributed by atoms with E-state index in [4.69, 9.17) is 11.6 Å². The summed E-state index contributed by atoms with van der Waals surface area (Å²) >= 11 is 6.06. The van der Waals surface area contributed by atoms with E-state index in [-0.39, 0.29) is 10.9 Å². The fourth-order valence-electron chi connectivity index (χ4n) is 1.03. The number of nitrogens with zero attached hydrogens (tertiary/aromatic N) is 2. The van der Waals surface area contributed by atoms with Gasteiger partial charge in [-0.25, -0.2) is 0 Å². The minimum atomic E-state index is -0.0581. The molecular formula is C10H18ClN3. The summed E-state index contributed by atoms with van der Waals surface area (Å²) in [5, 5.41) is 7.61. The summed E-state index contributed by atoms with van der Waals surface area (Å²) in [6.07, 6.45) is 3.87. The molecule has 1 aromatic rings. The number of halogens is 1. The van der Waals surface area contributed by atoms with Crippen molar-refractivity contribution in [3.05, 3.63) is 18.0 Å². The van der Waals surface area contributed by atoms with Crippen LogP contribution in [-0.4, -0.2) is 20.7 Å². The highest BCUT2D eigenvalue weighted by molar-refractivity contribution is 6.21. The molecule has 0 amide bonds. The Morgan fingerprint density at radius 3 is 2.71 bits per heavy atom. The molecule has 0 spiro atoms. The first kappa shape index (κ1) is 11.5. The highest BCUT2D eigenvalue weighted by Crippen LogP contribution is 2.15. The molecule has 80 valence electrons. The maximum atomic E-state index is 6.06. The molecule has 1 aromatic heterocycles. The van der Waals surface area contributed by atoms with Crippen molar-refractivity contribution < 1.29 is 0 Å². The molecule has 1 heterocycles. The van der Waals surface area contributed by atoms with Crippen molar-refractivity contribution in [2.45, 2.75) is 38.2 Å². The monoisotopic (exact) mass is 215 g/mol. The minimum Gasteiger partial charge on any atom is -0.306 e. The molecule has 1 atom stereocenters. The lowest BCUT2D eigenvalue weighted by Gasteiger charge is -2.28. The van der Waals surface area contributed by atoms with Crippen LogP contribution in [0.3, 0.4) is 0 Å². The Kier molecular flexibility index (Phi) is 3.56. The first-order chi connectivity index (χ1) is 6.42. The van der Waals surface area contributed by atoms with E-state index in [1.54, 1.807) is 4.68 Å². The quantitative estimate of drug-likeness (QED) is 0.778. The van der Waals surface area contributed by atoms with Crippen molar-refractivity contribution in [1.29, 1.82) is 0 Å². The summed E-state index contributed by atoms with van der Waals surface area (Å²) < 4.78 is 1.80. The third kappa shape index (κ3) is 3.00. The van der Waals surface area contributed by atoms with Gasteiger partial charge in [-0.3, -0.25) is 4.68 Å². The Labute approximate surface area is 90.4 Å². The van der Waals surface area contributed by atoms with E-state index in [2.05, 4.69) is 24.3 Å². The average Bonchev–Trinajstić information content (AvgIpc) is 2.48. The zero-order valence-electron chi connectivity index (χ0n) is 9.21. The summed E-state index contributed by atoms with van der Waals surface area (Å²) in [7, 11) is 1.92. The van der Waals surface area contributed by atoms with E-state index < -0.39 is 0 Å². The highest BCUT2D eigenvalue weighted by atomic mass is 35.5. The molecule has 0 bridgehead atoms. The molecule has 0 saturated carbocycles. The molecule has 1 N–H and O–H groups in total. The van der Waals surface area contributed by atoms with E-state index in [9.17, 15) is 0 Å². The molecule has 3 nitrogen and oxygen atoms in total. The van der Waals surface area contributed by atoms with Crippen molar-refractivity contribution in [3.63, 3.8) is 0 Å². The van der Waals surface area contributed by atoms with Crippen LogP contribution in [-0.2, 0) is 13.6 Å². The van der Waals surface area contributed by atoms with Gasteiger partial charge >= 0.3 is 0 Å². The van der Waals surface area contributed by atoms with Crippen LogP contribution in [0.25, 0.3) is 0 Å².